The van der Waals surface area contributed by atoms with E-state index in [0.29, 0.717) is 22.0 Å². The summed E-state index contributed by atoms with van der Waals surface area (Å²) in [7, 11) is -2.63. The van der Waals surface area contributed by atoms with Crippen molar-refractivity contribution in [3.05, 3.63) is 107 Å². The van der Waals surface area contributed by atoms with Gasteiger partial charge in [-0.05, 0) is 47.7 Å². The summed E-state index contributed by atoms with van der Waals surface area (Å²) in [6.45, 7) is 1.62. The van der Waals surface area contributed by atoms with Gasteiger partial charge in [-0.3, -0.25) is 9.59 Å². The maximum atomic E-state index is 13.5. The molecule has 0 saturated heterocycles. The number of H-pyrrole nitrogens is 1. The number of likely N-dealkylation sites (N-methyl/N-ethyl adjacent to an activating group) is 1. The van der Waals surface area contributed by atoms with E-state index in [2.05, 4.69) is 10.3 Å². The Morgan fingerprint density at radius 3 is 2.41 bits per heavy atom. The fourth-order valence-corrected chi connectivity index (χ4v) is 5.18. The summed E-state index contributed by atoms with van der Waals surface area (Å²) in [6.07, 6.45) is 1.67. The first-order chi connectivity index (χ1) is 17.7. The van der Waals surface area contributed by atoms with Crippen LogP contribution in [0.1, 0.15) is 11.1 Å². The molecule has 3 amide bonds. The second kappa shape index (κ2) is 10.7. The van der Waals surface area contributed by atoms with Crippen molar-refractivity contribution in [1.29, 1.82) is 0 Å². The minimum Gasteiger partial charge on any atom is -0.329 e. The van der Waals surface area contributed by atoms with Crippen LogP contribution in [0.2, 0.25) is 0 Å². The minimum atomic E-state index is -4.16. The summed E-state index contributed by atoms with van der Waals surface area (Å²) in [5, 5.41) is 3.65. The number of amides is 3. The number of urea groups is 1. The molecule has 0 fully saturated rings. The van der Waals surface area contributed by atoms with E-state index in [-0.39, 0.29) is 16.9 Å². The number of aromatic amines is 1. The molecule has 0 saturated carbocycles. The van der Waals surface area contributed by atoms with Gasteiger partial charge in [-0.2, -0.15) is 0 Å². The number of hydrogen-bond donors (Lipinski definition) is 3. The predicted octanol–water partition coefficient (Wildman–Crippen LogP) is 3.10. The van der Waals surface area contributed by atoms with Crippen LogP contribution in [0, 0.1) is 6.92 Å². The molecule has 37 heavy (non-hydrogen) atoms. The molecule has 10 heteroatoms. The summed E-state index contributed by atoms with van der Waals surface area (Å²) in [4.78, 5) is 42.5. The van der Waals surface area contributed by atoms with E-state index >= 15 is 0 Å². The Morgan fingerprint density at radius 2 is 1.68 bits per heavy atom. The van der Waals surface area contributed by atoms with E-state index in [1.54, 1.807) is 79.9 Å². The number of rotatable bonds is 7. The second-order valence-electron chi connectivity index (χ2n) is 8.56. The Labute approximate surface area is 214 Å². The number of pyridine rings is 1. The zero-order chi connectivity index (χ0) is 26.6. The lowest BCUT2D eigenvalue weighted by Crippen LogP contribution is -2.52. The lowest BCUT2D eigenvalue weighted by Gasteiger charge is -2.25. The van der Waals surface area contributed by atoms with Crippen molar-refractivity contribution in [2.75, 3.05) is 11.9 Å². The number of sulfonamides is 1. The summed E-state index contributed by atoms with van der Waals surface area (Å²) in [6, 6.07) is 20.0. The van der Waals surface area contributed by atoms with Gasteiger partial charge in [0, 0.05) is 30.7 Å². The number of carbonyl (C=O) groups is 2. The Balaban J connectivity index is 1.60. The molecule has 0 spiro atoms. The van der Waals surface area contributed by atoms with Crippen LogP contribution in [0.3, 0.4) is 0 Å². The van der Waals surface area contributed by atoms with Crippen LogP contribution in [-0.2, 0) is 21.2 Å². The molecular formula is C27H26N4O5S. The highest BCUT2D eigenvalue weighted by Crippen LogP contribution is 2.20. The average molecular weight is 519 g/mol. The van der Waals surface area contributed by atoms with Gasteiger partial charge in [0.25, 0.3) is 15.6 Å². The monoisotopic (exact) mass is 518 g/mol. The van der Waals surface area contributed by atoms with Crippen molar-refractivity contribution >= 4 is 38.4 Å². The summed E-state index contributed by atoms with van der Waals surface area (Å²) in [5.41, 5.74) is 1.40. The SMILES string of the molecule is Cc1ccccc1S(=O)(=O)NC(=O)NC(Cc1ccccc1)C(=O)N(C)c1ccc2cc[nH]c(=O)c2c1. The average Bonchev–Trinajstić information content (AvgIpc) is 2.88. The van der Waals surface area contributed by atoms with Crippen LogP contribution < -0.4 is 20.5 Å². The van der Waals surface area contributed by atoms with E-state index in [1.165, 1.54) is 18.0 Å². The molecule has 4 aromatic rings. The molecule has 3 N–H and O–H groups in total. The highest BCUT2D eigenvalue weighted by atomic mass is 32.2. The molecule has 4 rings (SSSR count). The van der Waals surface area contributed by atoms with Crippen molar-refractivity contribution in [3.8, 4) is 0 Å². The summed E-state index contributed by atoms with van der Waals surface area (Å²) >= 11 is 0. The lowest BCUT2D eigenvalue weighted by atomic mass is 10.0. The number of nitrogens with zero attached hydrogens (tertiary/aromatic N) is 1. The number of aromatic nitrogens is 1. The van der Waals surface area contributed by atoms with Gasteiger partial charge in [0.05, 0.1) is 4.90 Å². The van der Waals surface area contributed by atoms with Gasteiger partial charge in [0.1, 0.15) is 6.04 Å². The molecular weight excluding hydrogens is 492 g/mol. The van der Waals surface area contributed by atoms with E-state index in [9.17, 15) is 22.8 Å². The van der Waals surface area contributed by atoms with Gasteiger partial charge in [-0.25, -0.2) is 17.9 Å². The quantitative estimate of drug-likeness (QED) is 0.346. The number of nitrogens with one attached hydrogen (secondary N) is 3. The van der Waals surface area contributed by atoms with E-state index in [4.69, 9.17) is 0 Å². The van der Waals surface area contributed by atoms with E-state index < -0.39 is 28.0 Å². The van der Waals surface area contributed by atoms with Crippen LogP contribution in [0.15, 0.2) is 94.7 Å². The standard InChI is InChI=1S/C27H26N4O5S/c1-18-8-6-7-11-24(18)37(35,36)30-27(34)29-23(16-19-9-4-3-5-10-19)26(33)31(2)21-13-12-20-14-15-28-25(32)22(20)17-21/h3-15,17,23H,16H2,1-2H3,(H,28,32)(H2,29,30,34). The fraction of sp³-hybridized carbons (Fsp3) is 0.148. The Bertz CT molecular complexity index is 1620. The second-order valence-corrected chi connectivity index (χ2v) is 10.2. The van der Waals surface area contributed by atoms with Crippen LogP contribution in [0.4, 0.5) is 10.5 Å². The molecule has 9 nitrogen and oxygen atoms in total. The first-order valence-electron chi connectivity index (χ1n) is 11.5. The molecule has 1 unspecified atom stereocenters. The van der Waals surface area contributed by atoms with Crippen LogP contribution >= 0.6 is 0 Å². The molecule has 190 valence electrons. The van der Waals surface area contributed by atoms with Gasteiger partial charge >= 0.3 is 6.03 Å². The molecule has 1 aromatic heterocycles. The van der Waals surface area contributed by atoms with Gasteiger partial charge in [0.15, 0.2) is 0 Å². The predicted molar refractivity (Wildman–Crippen MR) is 142 cm³/mol. The van der Waals surface area contributed by atoms with Crippen LogP contribution in [-0.4, -0.2) is 38.4 Å². The molecule has 1 heterocycles. The Kier molecular flexibility index (Phi) is 7.40. The van der Waals surface area contributed by atoms with Crippen molar-refractivity contribution in [2.24, 2.45) is 0 Å². The molecule has 0 aliphatic carbocycles. The third kappa shape index (κ3) is 5.87. The topological polar surface area (TPSA) is 128 Å². The number of aryl methyl sites for hydroxylation is 1. The number of anilines is 1. The minimum absolute atomic E-state index is 0.0328. The lowest BCUT2D eigenvalue weighted by molar-refractivity contribution is -0.120. The molecule has 0 aliphatic rings. The number of fused-ring (bicyclic) bond motifs is 1. The molecule has 3 aromatic carbocycles. The normalized spacial score (nSPS) is 12.1. The number of carbonyl (C=O) groups excluding carboxylic acids is 2. The van der Waals surface area contributed by atoms with Gasteiger partial charge in [-0.1, -0.05) is 54.6 Å². The van der Waals surface area contributed by atoms with E-state index in [1.807, 2.05) is 10.8 Å². The van der Waals surface area contributed by atoms with Crippen molar-refractivity contribution in [1.82, 2.24) is 15.0 Å². The van der Waals surface area contributed by atoms with Gasteiger partial charge < -0.3 is 15.2 Å². The largest absolute Gasteiger partial charge is 0.329 e. The summed E-state index contributed by atoms with van der Waals surface area (Å²) < 4.78 is 27.6. The fourth-order valence-electron chi connectivity index (χ4n) is 4.01. The molecule has 0 aliphatic heterocycles. The highest BCUT2D eigenvalue weighted by molar-refractivity contribution is 7.90. The number of benzene rings is 3. The third-order valence-corrected chi connectivity index (χ3v) is 7.46. The first kappa shape index (κ1) is 25.6. The Hall–Kier alpha value is -4.44. The van der Waals surface area contributed by atoms with Crippen molar-refractivity contribution in [3.63, 3.8) is 0 Å². The van der Waals surface area contributed by atoms with Crippen LogP contribution in [0.25, 0.3) is 10.8 Å². The molecule has 1 atom stereocenters. The number of hydrogen-bond acceptors (Lipinski definition) is 5. The zero-order valence-corrected chi connectivity index (χ0v) is 21.1. The van der Waals surface area contributed by atoms with Crippen molar-refractivity contribution in [2.45, 2.75) is 24.3 Å². The highest BCUT2D eigenvalue weighted by Gasteiger charge is 2.28. The van der Waals surface area contributed by atoms with Crippen LogP contribution in [0.5, 0.6) is 0 Å². The van der Waals surface area contributed by atoms with Gasteiger partial charge in [-0.15, -0.1) is 0 Å². The maximum absolute atomic E-state index is 13.5. The smallest absolute Gasteiger partial charge is 0.329 e. The molecule has 0 bridgehead atoms. The molecule has 0 radical (unpaired) electrons. The third-order valence-electron chi connectivity index (χ3n) is 5.97. The zero-order valence-electron chi connectivity index (χ0n) is 20.3. The van der Waals surface area contributed by atoms with Gasteiger partial charge in [0.2, 0.25) is 5.91 Å². The maximum Gasteiger partial charge on any atom is 0.329 e. The first-order valence-corrected chi connectivity index (χ1v) is 13.0. The van der Waals surface area contributed by atoms with Crippen molar-refractivity contribution < 1.29 is 18.0 Å². The summed E-state index contributed by atoms with van der Waals surface area (Å²) in [5.74, 6) is -0.487. The van der Waals surface area contributed by atoms with E-state index in [0.717, 1.165) is 5.56 Å². The Morgan fingerprint density at radius 1 is 0.973 bits per heavy atom.